The van der Waals surface area contributed by atoms with Gasteiger partial charge in [-0.1, -0.05) is 33.1 Å². The Hall–Kier alpha value is -1.83. The van der Waals surface area contributed by atoms with E-state index in [9.17, 15) is 9.59 Å². The largest absolute Gasteiger partial charge is 0.370 e. The highest BCUT2D eigenvalue weighted by atomic mass is 16.2. The van der Waals surface area contributed by atoms with Crippen molar-refractivity contribution >= 4 is 17.8 Å². The quantitative estimate of drug-likeness (QED) is 0.229. The number of guanidine groups is 1. The van der Waals surface area contributed by atoms with E-state index < -0.39 is 5.54 Å². The van der Waals surface area contributed by atoms with Gasteiger partial charge in [0, 0.05) is 25.6 Å². The van der Waals surface area contributed by atoms with E-state index in [-0.39, 0.29) is 23.8 Å². The van der Waals surface area contributed by atoms with Crippen molar-refractivity contribution < 1.29 is 9.59 Å². The molecule has 0 spiro atoms. The van der Waals surface area contributed by atoms with Gasteiger partial charge in [-0.3, -0.25) is 15.0 Å². The van der Waals surface area contributed by atoms with Crippen molar-refractivity contribution in [1.82, 2.24) is 21.3 Å². The van der Waals surface area contributed by atoms with Crippen LogP contribution in [0.1, 0.15) is 78.1 Å². The molecule has 0 bridgehead atoms. The van der Waals surface area contributed by atoms with Crippen LogP contribution in [0.2, 0.25) is 0 Å². The lowest BCUT2D eigenvalue weighted by Gasteiger charge is -2.33. The third-order valence-electron chi connectivity index (χ3n) is 5.55. The van der Waals surface area contributed by atoms with Crippen LogP contribution in [0.4, 0.5) is 0 Å². The van der Waals surface area contributed by atoms with E-state index in [1.54, 1.807) is 0 Å². The molecular weight excluding hydrogens is 356 g/mol. The lowest BCUT2D eigenvalue weighted by Crippen LogP contribution is -2.60. The molecule has 1 heterocycles. The van der Waals surface area contributed by atoms with E-state index in [1.807, 2.05) is 13.8 Å². The number of nitrogens with two attached hydrogens (primary N) is 1. The molecule has 162 valence electrons. The number of amides is 2. The summed E-state index contributed by atoms with van der Waals surface area (Å²) in [6.45, 7) is 6.12. The van der Waals surface area contributed by atoms with Crippen LogP contribution in [0.15, 0.2) is 0 Å². The smallest absolute Gasteiger partial charge is 0.245 e. The molecule has 8 heteroatoms. The molecule has 7 N–H and O–H groups in total. The van der Waals surface area contributed by atoms with Crippen molar-refractivity contribution in [1.29, 1.82) is 5.41 Å². The van der Waals surface area contributed by atoms with E-state index in [4.69, 9.17) is 11.1 Å². The molecule has 8 nitrogen and oxygen atoms in total. The number of nitrogens with one attached hydrogen (secondary N) is 5. The van der Waals surface area contributed by atoms with Crippen LogP contribution in [0.3, 0.4) is 0 Å². The van der Waals surface area contributed by atoms with Crippen LogP contribution in [-0.2, 0) is 9.59 Å². The average molecular weight is 397 g/mol. The van der Waals surface area contributed by atoms with Crippen molar-refractivity contribution in [2.45, 2.75) is 89.6 Å². The summed E-state index contributed by atoms with van der Waals surface area (Å²) in [5.74, 6) is -0.177. The third kappa shape index (κ3) is 8.91. The Bertz CT molecular complexity index is 493. The van der Waals surface area contributed by atoms with Gasteiger partial charge in [0.1, 0.15) is 5.54 Å². The highest BCUT2D eigenvalue weighted by molar-refractivity contribution is 5.91. The van der Waals surface area contributed by atoms with Gasteiger partial charge in [-0.05, 0) is 45.1 Å². The SMILES string of the molecule is CCC1(CC)NC(=O)CCCCCCCNC[C@H](CCCNC(=N)N)NC1=O. The first-order valence-corrected chi connectivity index (χ1v) is 10.8. The molecule has 2 amide bonds. The summed E-state index contributed by atoms with van der Waals surface area (Å²) < 4.78 is 0. The fourth-order valence-electron chi connectivity index (χ4n) is 3.60. The maximum atomic E-state index is 13.1. The predicted octanol–water partition coefficient (Wildman–Crippen LogP) is 1.35. The first-order valence-electron chi connectivity index (χ1n) is 10.8. The van der Waals surface area contributed by atoms with Gasteiger partial charge in [-0.2, -0.15) is 0 Å². The molecule has 0 aromatic carbocycles. The summed E-state index contributed by atoms with van der Waals surface area (Å²) in [6, 6.07) is -0.0271. The van der Waals surface area contributed by atoms with Crippen LogP contribution >= 0.6 is 0 Å². The molecule has 1 fully saturated rings. The monoisotopic (exact) mass is 396 g/mol. The molecule has 1 aliphatic rings. The molecule has 1 aliphatic heterocycles. The van der Waals surface area contributed by atoms with Gasteiger partial charge in [0.2, 0.25) is 11.8 Å². The molecule has 0 aliphatic carbocycles. The Labute approximate surface area is 169 Å². The number of carbonyl (C=O) groups excluding carboxylic acids is 2. The lowest BCUT2D eigenvalue weighted by molar-refractivity contribution is -0.134. The van der Waals surface area contributed by atoms with E-state index >= 15 is 0 Å². The fraction of sp³-hybridized carbons (Fsp3) is 0.850. The van der Waals surface area contributed by atoms with Crippen LogP contribution < -0.4 is 27.0 Å². The van der Waals surface area contributed by atoms with Crippen LogP contribution in [0.25, 0.3) is 0 Å². The summed E-state index contributed by atoms with van der Waals surface area (Å²) in [5, 5.41) is 19.7. The molecule has 0 unspecified atom stereocenters. The first-order chi connectivity index (χ1) is 13.4. The second-order valence-electron chi connectivity index (χ2n) is 7.71. The zero-order valence-corrected chi connectivity index (χ0v) is 17.7. The zero-order valence-electron chi connectivity index (χ0n) is 17.7. The van der Waals surface area contributed by atoms with Crippen LogP contribution in [-0.4, -0.2) is 49.0 Å². The molecule has 1 saturated heterocycles. The average Bonchev–Trinajstić information content (AvgIpc) is 2.67. The van der Waals surface area contributed by atoms with E-state index in [0.29, 0.717) is 32.4 Å². The Morgan fingerprint density at radius 3 is 2.54 bits per heavy atom. The zero-order chi connectivity index (χ0) is 20.8. The van der Waals surface area contributed by atoms with E-state index in [0.717, 1.165) is 51.5 Å². The van der Waals surface area contributed by atoms with E-state index in [1.165, 1.54) is 0 Å². The van der Waals surface area contributed by atoms with Crippen molar-refractivity contribution in [3.05, 3.63) is 0 Å². The number of rotatable bonds is 6. The number of carbonyl (C=O) groups is 2. The second-order valence-corrected chi connectivity index (χ2v) is 7.71. The predicted molar refractivity (Wildman–Crippen MR) is 113 cm³/mol. The maximum absolute atomic E-state index is 13.1. The molecule has 0 aromatic rings. The van der Waals surface area contributed by atoms with Gasteiger partial charge < -0.3 is 27.0 Å². The Morgan fingerprint density at radius 2 is 1.86 bits per heavy atom. The standard InChI is InChI=1S/C20H40N6O2/c1-3-20(4-2)18(28)25-16(11-10-14-24-19(21)22)15-23-13-9-7-5-6-8-12-17(27)26-20/h16,23H,3-15H2,1-2H3,(H,25,28)(H,26,27)(H4,21,22,24)/t16-/m0/s1. The maximum Gasteiger partial charge on any atom is 0.245 e. The van der Waals surface area contributed by atoms with Gasteiger partial charge in [-0.25, -0.2) is 0 Å². The Balaban J connectivity index is 2.81. The highest BCUT2D eigenvalue weighted by Gasteiger charge is 2.37. The highest BCUT2D eigenvalue weighted by Crippen LogP contribution is 2.17. The second kappa shape index (κ2) is 13.4. The van der Waals surface area contributed by atoms with Crippen molar-refractivity contribution in [3.63, 3.8) is 0 Å². The van der Waals surface area contributed by atoms with Gasteiger partial charge in [-0.15, -0.1) is 0 Å². The minimum atomic E-state index is -0.854. The minimum absolute atomic E-state index is 0.0271. The lowest BCUT2D eigenvalue weighted by atomic mass is 9.90. The molecule has 0 saturated carbocycles. The van der Waals surface area contributed by atoms with Crippen LogP contribution in [0.5, 0.6) is 0 Å². The Kier molecular flexibility index (Phi) is 11.6. The molecule has 28 heavy (non-hydrogen) atoms. The van der Waals surface area contributed by atoms with E-state index in [2.05, 4.69) is 21.3 Å². The molecular formula is C20H40N6O2. The molecule has 0 aromatic heterocycles. The van der Waals surface area contributed by atoms with Gasteiger partial charge >= 0.3 is 0 Å². The third-order valence-corrected chi connectivity index (χ3v) is 5.55. The molecule has 0 radical (unpaired) electrons. The molecule has 1 rings (SSSR count). The summed E-state index contributed by atoms with van der Waals surface area (Å²) in [4.78, 5) is 25.5. The van der Waals surface area contributed by atoms with Crippen molar-refractivity contribution in [2.75, 3.05) is 19.6 Å². The Morgan fingerprint density at radius 1 is 1.18 bits per heavy atom. The number of hydrogen-bond acceptors (Lipinski definition) is 4. The van der Waals surface area contributed by atoms with Gasteiger partial charge in [0.25, 0.3) is 0 Å². The summed E-state index contributed by atoms with van der Waals surface area (Å²) >= 11 is 0. The summed E-state index contributed by atoms with van der Waals surface area (Å²) in [5.41, 5.74) is 4.47. The summed E-state index contributed by atoms with van der Waals surface area (Å²) in [7, 11) is 0. The van der Waals surface area contributed by atoms with Crippen molar-refractivity contribution in [2.24, 2.45) is 5.73 Å². The first kappa shape index (κ1) is 24.2. The topological polar surface area (TPSA) is 132 Å². The van der Waals surface area contributed by atoms with Crippen molar-refractivity contribution in [3.8, 4) is 0 Å². The van der Waals surface area contributed by atoms with Gasteiger partial charge in [0.15, 0.2) is 5.96 Å². The normalized spacial score (nSPS) is 22.3. The number of hydrogen-bond donors (Lipinski definition) is 6. The fourth-order valence-corrected chi connectivity index (χ4v) is 3.60. The molecule has 1 atom stereocenters. The van der Waals surface area contributed by atoms with Crippen LogP contribution in [0, 0.1) is 5.41 Å². The minimum Gasteiger partial charge on any atom is -0.370 e. The summed E-state index contributed by atoms with van der Waals surface area (Å²) in [6.07, 6.45) is 8.49. The van der Waals surface area contributed by atoms with Gasteiger partial charge in [0.05, 0.1) is 0 Å².